The Morgan fingerprint density at radius 1 is 1.23 bits per heavy atom. The summed E-state index contributed by atoms with van der Waals surface area (Å²) in [6.07, 6.45) is 5.39. The van der Waals surface area contributed by atoms with Crippen LogP contribution in [0, 0.1) is 11.7 Å². The minimum Gasteiger partial charge on any atom is -0.382 e. The summed E-state index contributed by atoms with van der Waals surface area (Å²) < 4.78 is 40.6. The van der Waals surface area contributed by atoms with Crippen LogP contribution in [-0.2, 0) is 10.0 Å². The maximum Gasteiger partial charge on any atom is 0.213 e. The van der Waals surface area contributed by atoms with Crippen molar-refractivity contribution >= 4 is 26.6 Å². The third-order valence-corrected chi connectivity index (χ3v) is 6.88. The van der Waals surface area contributed by atoms with Gasteiger partial charge in [-0.3, -0.25) is 4.98 Å². The monoisotopic (exact) mass is 379 g/mol. The second-order valence-corrected chi connectivity index (χ2v) is 9.66. The van der Waals surface area contributed by atoms with Crippen LogP contribution in [0.4, 0.5) is 10.1 Å². The fourth-order valence-electron chi connectivity index (χ4n) is 3.38. The molecule has 0 spiro atoms. The molecule has 0 saturated heterocycles. The van der Waals surface area contributed by atoms with E-state index in [1.54, 1.807) is 26.1 Å². The molecule has 2 N–H and O–H groups in total. The van der Waals surface area contributed by atoms with Crippen molar-refractivity contribution in [1.82, 2.24) is 9.71 Å². The third kappa shape index (κ3) is 4.51. The second-order valence-electron chi connectivity index (χ2n) is 7.34. The number of rotatable bonds is 6. The van der Waals surface area contributed by atoms with Gasteiger partial charge in [0.1, 0.15) is 5.52 Å². The molecular formula is C19H26FN3O2S. The highest BCUT2D eigenvalue weighted by molar-refractivity contribution is 7.90. The molecule has 2 aromatic rings. The number of pyridine rings is 1. The van der Waals surface area contributed by atoms with Gasteiger partial charge in [0.05, 0.1) is 5.25 Å². The van der Waals surface area contributed by atoms with Crippen molar-refractivity contribution < 1.29 is 12.8 Å². The van der Waals surface area contributed by atoms with Crippen molar-refractivity contribution in [3.63, 3.8) is 0 Å². The Bertz CT molecular complexity index is 862. The van der Waals surface area contributed by atoms with Gasteiger partial charge in [0.15, 0.2) is 5.82 Å². The molecule has 142 valence electrons. The standard InChI is InChI=1S/C19H26FN3O2S/c1-13(2)26(24,25)22-12-14-5-7-16(8-6-14)23-17-10-15-4-3-9-21-19(15)18(20)11-17/h3-4,9-11,13-14,16,22-23H,5-8,12H2,1-2H3/t14-,16-. The number of anilines is 1. The van der Waals surface area contributed by atoms with E-state index in [-0.39, 0.29) is 11.9 Å². The zero-order chi connectivity index (χ0) is 18.7. The summed E-state index contributed by atoms with van der Waals surface area (Å²) >= 11 is 0. The molecular weight excluding hydrogens is 353 g/mol. The highest BCUT2D eigenvalue weighted by Gasteiger charge is 2.24. The van der Waals surface area contributed by atoms with Crippen molar-refractivity contribution in [2.75, 3.05) is 11.9 Å². The Morgan fingerprint density at radius 3 is 2.65 bits per heavy atom. The molecule has 0 unspecified atom stereocenters. The van der Waals surface area contributed by atoms with Crippen molar-refractivity contribution in [1.29, 1.82) is 0 Å². The molecule has 0 aliphatic heterocycles. The van der Waals surface area contributed by atoms with Crippen LogP contribution >= 0.6 is 0 Å². The lowest BCUT2D eigenvalue weighted by atomic mass is 9.86. The molecule has 0 atom stereocenters. The van der Waals surface area contributed by atoms with Gasteiger partial charge >= 0.3 is 0 Å². The van der Waals surface area contributed by atoms with E-state index in [9.17, 15) is 12.8 Å². The molecule has 1 aromatic heterocycles. The summed E-state index contributed by atoms with van der Waals surface area (Å²) in [4.78, 5) is 4.07. The highest BCUT2D eigenvalue weighted by atomic mass is 32.2. The normalized spacial score (nSPS) is 21.2. The maximum absolute atomic E-state index is 14.2. The zero-order valence-corrected chi connectivity index (χ0v) is 16.0. The Kier molecular flexibility index (Phi) is 5.77. The molecule has 26 heavy (non-hydrogen) atoms. The molecule has 1 heterocycles. The predicted molar refractivity (Wildman–Crippen MR) is 103 cm³/mol. The lowest BCUT2D eigenvalue weighted by molar-refractivity contribution is 0.337. The van der Waals surface area contributed by atoms with E-state index in [0.717, 1.165) is 36.8 Å². The number of sulfonamides is 1. The quantitative estimate of drug-likeness (QED) is 0.803. The SMILES string of the molecule is CC(C)S(=O)(=O)NC[C@H]1CC[C@H](Nc2cc(F)c3ncccc3c2)CC1. The minimum absolute atomic E-state index is 0.279. The number of fused-ring (bicyclic) bond motifs is 1. The van der Waals surface area contributed by atoms with Crippen LogP contribution in [0.25, 0.3) is 10.9 Å². The van der Waals surface area contributed by atoms with Gasteiger partial charge in [0, 0.05) is 29.9 Å². The zero-order valence-electron chi connectivity index (χ0n) is 15.2. The van der Waals surface area contributed by atoms with Crippen LogP contribution in [0.5, 0.6) is 0 Å². The van der Waals surface area contributed by atoms with Crippen LogP contribution in [0.2, 0.25) is 0 Å². The van der Waals surface area contributed by atoms with Crippen molar-refractivity contribution in [2.45, 2.75) is 50.8 Å². The van der Waals surface area contributed by atoms with E-state index >= 15 is 0 Å². The largest absolute Gasteiger partial charge is 0.382 e. The fraction of sp³-hybridized carbons (Fsp3) is 0.526. The van der Waals surface area contributed by atoms with E-state index in [1.807, 2.05) is 12.1 Å². The number of nitrogens with one attached hydrogen (secondary N) is 2. The summed E-state index contributed by atoms with van der Waals surface area (Å²) in [5.41, 5.74) is 1.16. The van der Waals surface area contributed by atoms with Gasteiger partial charge in [-0.25, -0.2) is 17.5 Å². The first kappa shape index (κ1) is 19.0. The number of nitrogens with zero attached hydrogens (tertiary/aromatic N) is 1. The van der Waals surface area contributed by atoms with Crippen LogP contribution in [0.3, 0.4) is 0 Å². The van der Waals surface area contributed by atoms with Gasteiger partial charge in [-0.2, -0.15) is 0 Å². The van der Waals surface area contributed by atoms with Crippen LogP contribution in [-0.4, -0.2) is 31.2 Å². The predicted octanol–water partition coefficient (Wildman–Crippen LogP) is 3.67. The molecule has 3 rings (SSSR count). The van der Waals surface area contributed by atoms with Gasteiger partial charge in [-0.1, -0.05) is 6.07 Å². The number of benzene rings is 1. The molecule has 5 nitrogen and oxygen atoms in total. The Hall–Kier alpha value is -1.73. The lowest BCUT2D eigenvalue weighted by Crippen LogP contribution is -2.37. The summed E-state index contributed by atoms with van der Waals surface area (Å²) in [5.74, 6) is 0.0430. The molecule has 0 amide bonds. The molecule has 0 bridgehead atoms. The average molecular weight is 380 g/mol. The summed E-state index contributed by atoms with van der Waals surface area (Å²) in [6, 6.07) is 7.36. The third-order valence-electron chi connectivity index (χ3n) is 5.07. The Morgan fingerprint density at radius 2 is 1.96 bits per heavy atom. The number of halogens is 1. The van der Waals surface area contributed by atoms with E-state index in [0.29, 0.717) is 18.0 Å². The molecule has 1 aliphatic carbocycles. The number of aromatic nitrogens is 1. The van der Waals surface area contributed by atoms with Gasteiger partial charge in [-0.05, 0) is 63.6 Å². The van der Waals surface area contributed by atoms with Crippen LogP contribution in [0.15, 0.2) is 30.5 Å². The highest BCUT2D eigenvalue weighted by Crippen LogP contribution is 2.28. The van der Waals surface area contributed by atoms with Gasteiger partial charge in [0.25, 0.3) is 0 Å². The second kappa shape index (κ2) is 7.88. The molecule has 1 fully saturated rings. The fourth-order valence-corrected chi connectivity index (χ4v) is 4.18. The summed E-state index contributed by atoms with van der Waals surface area (Å²) in [5, 5.41) is 3.80. The summed E-state index contributed by atoms with van der Waals surface area (Å²) in [6.45, 7) is 3.87. The Labute approximate surface area is 154 Å². The smallest absolute Gasteiger partial charge is 0.213 e. The minimum atomic E-state index is -3.20. The molecule has 1 aliphatic rings. The maximum atomic E-state index is 14.2. The number of hydrogen-bond donors (Lipinski definition) is 2. The van der Waals surface area contributed by atoms with Crippen LogP contribution < -0.4 is 10.0 Å². The first-order valence-electron chi connectivity index (χ1n) is 9.14. The molecule has 0 radical (unpaired) electrons. The van der Waals surface area contributed by atoms with Gasteiger partial charge in [-0.15, -0.1) is 0 Å². The molecule has 1 aromatic carbocycles. The first-order valence-corrected chi connectivity index (χ1v) is 10.7. The van der Waals surface area contributed by atoms with Crippen molar-refractivity contribution in [3.05, 3.63) is 36.3 Å². The first-order chi connectivity index (χ1) is 12.3. The van der Waals surface area contributed by atoms with E-state index in [4.69, 9.17) is 0 Å². The van der Waals surface area contributed by atoms with Gasteiger partial charge < -0.3 is 5.32 Å². The van der Waals surface area contributed by atoms with E-state index < -0.39 is 15.3 Å². The lowest BCUT2D eigenvalue weighted by Gasteiger charge is -2.30. The van der Waals surface area contributed by atoms with E-state index in [2.05, 4.69) is 15.0 Å². The van der Waals surface area contributed by atoms with Crippen molar-refractivity contribution in [2.24, 2.45) is 5.92 Å². The van der Waals surface area contributed by atoms with Crippen molar-refractivity contribution in [3.8, 4) is 0 Å². The van der Waals surface area contributed by atoms with Gasteiger partial charge in [0.2, 0.25) is 10.0 Å². The topological polar surface area (TPSA) is 71.1 Å². The average Bonchev–Trinajstić information content (AvgIpc) is 2.61. The molecule has 1 saturated carbocycles. The van der Waals surface area contributed by atoms with Crippen LogP contribution in [0.1, 0.15) is 39.5 Å². The molecule has 7 heteroatoms. The summed E-state index contributed by atoms with van der Waals surface area (Å²) in [7, 11) is -3.20. The Balaban J connectivity index is 1.54. The van der Waals surface area contributed by atoms with E-state index in [1.165, 1.54) is 6.07 Å². The number of hydrogen-bond acceptors (Lipinski definition) is 4.